The van der Waals surface area contributed by atoms with Crippen molar-refractivity contribution in [2.75, 3.05) is 0 Å². The van der Waals surface area contributed by atoms with Gasteiger partial charge in [-0.25, -0.2) is 29.9 Å². The summed E-state index contributed by atoms with van der Waals surface area (Å²) in [6.45, 7) is 0. The lowest BCUT2D eigenvalue weighted by molar-refractivity contribution is 1.00. The Hall–Kier alpha value is -15.1. The van der Waals surface area contributed by atoms with E-state index in [0.29, 0.717) is 11.9 Å². The first-order chi connectivity index (χ1) is 54.6. The van der Waals surface area contributed by atoms with Crippen molar-refractivity contribution in [3.8, 4) is 56.9 Å². The van der Waals surface area contributed by atoms with E-state index in [-0.39, 0.29) is 0 Å². The summed E-state index contributed by atoms with van der Waals surface area (Å²) in [7, 11) is 0. The second-order valence-electron chi connectivity index (χ2n) is 29.0. The van der Waals surface area contributed by atoms with Crippen LogP contribution in [0.1, 0.15) is 0 Å². The molecule has 12 nitrogen and oxygen atoms in total. The van der Waals surface area contributed by atoms with Gasteiger partial charge in [-0.3, -0.25) is 17.9 Å². The van der Waals surface area contributed by atoms with Gasteiger partial charge in [0, 0.05) is 87.1 Å². The standard InChI is InChI=1S/C98H56N12/c1-2-30-72-65(23-1)66-24-5-19-41-85(66)107-91-76-33-11-21-43-87(76)109(95(91)103-93(72)107)97-99-79-35-13-3-31-74(79)89(101-97)61-48-47-57-51-58(45-46-59(57)52-61)60-49-50-73-78(55-60)71-29-10-20-42-86(71)108-92-77-34-12-22-44-88(77)110(96(92)104-94(73)108)98-100-80-36-14-4-32-75(80)90(102-98)62-53-63(105-81-37-15-6-25-67(81)68-26-7-16-38-82(68)105)56-64(54-62)106-83-39-17-8-27-69(83)70-28-9-18-40-84(70)106/h1-56H. The van der Waals surface area contributed by atoms with E-state index >= 15 is 0 Å². The van der Waals surface area contributed by atoms with Crippen molar-refractivity contribution in [2.45, 2.75) is 0 Å². The molecule has 0 amide bonds. The summed E-state index contributed by atoms with van der Waals surface area (Å²) in [6.07, 6.45) is 0. The number of hydrogen-bond donors (Lipinski definition) is 0. The van der Waals surface area contributed by atoms with E-state index in [4.69, 9.17) is 29.9 Å². The Bertz CT molecular complexity index is 8150. The van der Waals surface area contributed by atoms with Gasteiger partial charge >= 0.3 is 0 Å². The second-order valence-corrected chi connectivity index (χ2v) is 29.0. The van der Waals surface area contributed by atoms with Gasteiger partial charge in [0.05, 0.1) is 66.6 Å². The lowest BCUT2D eigenvalue weighted by Crippen LogP contribution is -2.05. The summed E-state index contributed by atoms with van der Waals surface area (Å²) in [5.74, 6) is 1.09. The summed E-state index contributed by atoms with van der Waals surface area (Å²) in [6, 6.07) is 122. The van der Waals surface area contributed by atoms with Crippen LogP contribution in [0.3, 0.4) is 0 Å². The van der Waals surface area contributed by atoms with Crippen LogP contribution in [0.15, 0.2) is 340 Å². The number of hydrogen-bond acceptors (Lipinski definition) is 6. The Morgan fingerprint density at radius 2 is 0.509 bits per heavy atom. The summed E-state index contributed by atoms with van der Waals surface area (Å²) < 4.78 is 13.9. The van der Waals surface area contributed by atoms with E-state index in [9.17, 15) is 0 Å². The number of nitrogens with zero attached hydrogens (tertiary/aromatic N) is 12. The summed E-state index contributed by atoms with van der Waals surface area (Å²) >= 11 is 0. The van der Waals surface area contributed by atoms with Crippen LogP contribution in [0, 0.1) is 0 Å². The van der Waals surface area contributed by atoms with Gasteiger partial charge in [0.2, 0.25) is 11.9 Å². The fraction of sp³-hybridized carbons (Fsp3) is 0. The maximum absolute atomic E-state index is 5.83. The zero-order valence-electron chi connectivity index (χ0n) is 58.7. The van der Waals surface area contributed by atoms with Gasteiger partial charge in [0.1, 0.15) is 22.3 Å². The Balaban J connectivity index is 0.636. The van der Waals surface area contributed by atoms with Gasteiger partial charge in [-0.1, -0.05) is 237 Å². The van der Waals surface area contributed by atoms with Crippen LogP contribution in [-0.4, -0.2) is 57.0 Å². The molecule has 0 aliphatic carbocycles. The van der Waals surface area contributed by atoms with Gasteiger partial charge in [0.25, 0.3) is 0 Å². The van der Waals surface area contributed by atoms with Crippen molar-refractivity contribution in [2.24, 2.45) is 0 Å². The molecule has 0 unspecified atom stereocenters. The minimum atomic E-state index is 0.530. The monoisotopic (exact) mass is 1400 g/mol. The molecule has 0 saturated heterocycles. The smallest absolute Gasteiger partial charge is 0.237 e. The normalized spacial score (nSPS) is 12.4. The second kappa shape index (κ2) is 22.2. The molecule has 508 valence electrons. The molecule has 0 fully saturated rings. The Kier molecular flexibility index (Phi) is 11.9. The molecule has 0 saturated carbocycles. The van der Waals surface area contributed by atoms with Crippen molar-refractivity contribution in [3.63, 3.8) is 0 Å². The van der Waals surface area contributed by atoms with Gasteiger partial charge in [-0.15, -0.1) is 0 Å². The third-order valence-electron chi connectivity index (χ3n) is 23.1. The Labute approximate surface area is 624 Å². The maximum Gasteiger partial charge on any atom is 0.237 e. The molecule has 0 aliphatic rings. The molecule has 10 heterocycles. The molecule has 0 spiro atoms. The fourth-order valence-electron chi connectivity index (χ4n) is 18.4. The molecule has 10 aromatic heterocycles. The highest BCUT2D eigenvalue weighted by Gasteiger charge is 2.28. The first-order valence-electron chi connectivity index (χ1n) is 37.3. The van der Waals surface area contributed by atoms with E-state index in [1.165, 1.54) is 32.3 Å². The Morgan fingerprint density at radius 3 is 0.982 bits per heavy atom. The minimum absolute atomic E-state index is 0.530. The molecule has 25 rings (SSSR count). The third kappa shape index (κ3) is 8.21. The summed E-state index contributed by atoms with van der Waals surface area (Å²) in [5, 5.41) is 17.8. The van der Waals surface area contributed by atoms with Gasteiger partial charge in [-0.2, -0.15) is 0 Å². The van der Waals surface area contributed by atoms with Crippen LogP contribution in [-0.2, 0) is 0 Å². The number of para-hydroxylation sites is 10. The molecule has 0 N–H and O–H groups in total. The third-order valence-corrected chi connectivity index (χ3v) is 23.1. The van der Waals surface area contributed by atoms with E-state index in [1.807, 2.05) is 0 Å². The number of aromatic nitrogens is 12. The van der Waals surface area contributed by atoms with Crippen LogP contribution in [0.2, 0.25) is 0 Å². The average molecular weight is 1400 g/mol. The van der Waals surface area contributed by atoms with Crippen LogP contribution in [0.5, 0.6) is 0 Å². The largest absolute Gasteiger partial charge is 0.309 e. The molecule has 12 heteroatoms. The van der Waals surface area contributed by atoms with Crippen molar-refractivity contribution in [1.29, 1.82) is 0 Å². The summed E-state index contributed by atoms with van der Waals surface area (Å²) in [5.41, 5.74) is 23.5. The molecule has 0 radical (unpaired) electrons. The fourth-order valence-corrected chi connectivity index (χ4v) is 18.4. The first kappa shape index (κ1) is 59.2. The minimum Gasteiger partial charge on any atom is -0.309 e. The zero-order chi connectivity index (χ0) is 71.6. The Morgan fingerprint density at radius 1 is 0.182 bits per heavy atom. The van der Waals surface area contributed by atoms with Crippen molar-refractivity contribution in [1.82, 2.24) is 57.0 Å². The highest BCUT2D eigenvalue weighted by Crippen LogP contribution is 2.45. The lowest BCUT2D eigenvalue weighted by Gasteiger charge is -2.17. The first-order valence-corrected chi connectivity index (χ1v) is 37.3. The number of imidazole rings is 2. The van der Waals surface area contributed by atoms with E-state index in [0.717, 1.165) is 188 Å². The number of pyridine rings is 2. The van der Waals surface area contributed by atoms with Gasteiger partial charge in [-0.05, 0) is 136 Å². The molecule has 0 aliphatic heterocycles. The van der Waals surface area contributed by atoms with Crippen molar-refractivity contribution >= 4 is 175 Å². The van der Waals surface area contributed by atoms with Crippen molar-refractivity contribution < 1.29 is 0 Å². The predicted octanol–water partition coefficient (Wildman–Crippen LogP) is 24.0. The zero-order valence-corrected chi connectivity index (χ0v) is 58.7. The van der Waals surface area contributed by atoms with Gasteiger partial charge < -0.3 is 9.13 Å². The highest BCUT2D eigenvalue weighted by atomic mass is 15.2. The number of benzene rings is 15. The maximum atomic E-state index is 5.83. The topological polar surface area (TPSA) is 106 Å². The van der Waals surface area contributed by atoms with Crippen LogP contribution in [0.25, 0.3) is 232 Å². The van der Waals surface area contributed by atoms with Crippen molar-refractivity contribution in [3.05, 3.63) is 340 Å². The SMILES string of the molecule is c1ccc2c(-c3ccc4cc(-c5ccc6c(c5)c5ccccc5n5c6nc6c5c5ccccc5n6-c5nc(-c6cc(-n7c8ccccc8c8ccccc87)cc(-n7c8ccccc8c8ccccc87)c6)c6ccccc6n5)ccc4c3)nc(-n3c4ccccc4c4c3nc3c5ccccc5c5ccccc5n34)nc2c1. The highest BCUT2D eigenvalue weighted by molar-refractivity contribution is 6.20. The number of rotatable bonds is 7. The van der Waals surface area contributed by atoms with E-state index < -0.39 is 0 Å². The van der Waals surface area contributed by atoms with E-state index in [2.05, 4.69) is 367 Å². The summed E-state index contributed by atoms with van der Waals surface area (Å²) in [4.78, 5) is 33.6. The molecular formula is C98H56N12. The average Bonchev–Trinajstić information content (AvgIpc) is 1.54. The molecule has 110 heavy (non-hydrogen) atoms. The number of fused-ring (bicyclic) bond motifs is 29. The van der Waals surface area contributed by atoms with E-state index in [1.54, 1.807) is 0 Å². The molecule has 0 atom stereocenters. The quantitative estimate of drug-likeness (QED) is 0.147. The van der Waals surface area contributed by atoms with Crippen LogP contribution < -0.4 is 0 Å². The molecular weight excluding hydrogens is 1350 g/mol. The van der Waals surface area contributed by atoms with Crippen LogP contribution >= 0.6 is 0 Å². The predicted molar refractivity (Wildman–Crippen MR) is 451 cm³/mol. The molecule has 0 bridgehead atoms. The molecule has 25 aromatic rings. The molecule has 15 aromatic carbocycles. The van der Waals surface area contributed by atoms with Gasteiger partial charge in [0.15, 0.2) is 11.3 Å². The lowest BCUT2D eigenvalue weighted by atomic mass is 9.96. The van der Waals surface area contributed by atoms with Crippen LogP contribution in [0.4, 0.5) is 0 Å².